The van der Waals surface area contributed by atoms with Gasteiger partial charge >= 0.3 is 0 Å². The van der Waals surface area contributed by atoms with Crippen LogP contribution in [-0.2, 0) is 10.5 Å². The molecule has 0 unspecified atom stereocenters. The van der Waals surface area contributed by atoms with Gasteiger partial charge in [0.2, 0.25) is 5.91 Å². The number of rotatable bonds is 8. The summed E-state index contributed by atoms with van der Waals surface area (Å²) in [5.41, 5.74) is 0.440. The lowest BCUT2D eigenvalue weighted by Gasteiger charge is -2.07. The Labute approximate surface area is 159 Å². The van der Waals surface area contributed by atoms with Crippen molar-refractivity contribution in [3.63, 3.8) is 0 Å². The molecule has 0 heterocycles. The second-order valence-electron chi connectivity index (χ2n) is 4.85. The van der Waals surface area contributed by atoms with Crippen LogP contribution in [0, 0.1) is 5.82 Å². The van der Waals surface area contributed by atoms with Crippen LogP contribution in [-0.4, -0.2) is 24.0 Å². The van der Waals surface area contributed by atoms with E-state index in [1.54, 1.807) is 23.9 Å². The first-order chi connectivity index (χ1) is 11.6. The zero-order chi connectivity index (χ0) is 17.4. The summed E-state index contributed by atoms with van der Waals surface area (Å²) in [5, 5.41) is 3.95. The molecule has 0 aliphatic rings. The highest BCUT2D eigenvalue weighted by atomic mass is 35.5. The zero-order valence-electron chi connectivity index (χ0n) is 12.7. The van der Waals surface area contributed by atoms with Gasteiger partial charge in [-0.25, -0.2) is 4.39 Å². The number of amides is 1. The smallest absolute Gasteiger partial charge is 0.230 e. The third kappa shape index (κ3) is 6.55. The van der Waals surface area contributed by atoms with Crippen LogP contribution in [0.2, 0.25) is 10.0 Å². The maximum Gasteiger partial charge on any atom is 0.230 e. The molecule has 2 rings (SSSR count). The minimum absolute atomic E-state index is 0.0656. The molecule has 1 N–H and O–H groups in total. The summed E-state index contributed by atoms with van der Waals surface area (Å²) in [4.78, 5) is 12.9. The first-order valence-corrected chi connectivity index (χ1v) is 10.1. The van der Waals surface area contributed by atoms with E-state index < -0.39 is 0 Å². The van der Waals surface area contributed by atoms with E-state index in [4.69, 9.17) is 23.2 Å². The van der Waals surface area contributed by atoms with Gasteiger partial charge in [-0.2, -0.15) is 0 Å². The number of carbonyl (C=O) groups excluding carboxylic acids is 1. The molecule has 24 heavy (non-hydrogen) atoms. The number of thioether (sulfide) groups is 2. The molecule has 2 aromatic carbocycles. The molecule has 2 nitrogen and oxygen atoms in total. The average Bonchev–Trinajstić information content (AvgIpc) is 2.56. The minimum Gasteiger partial charge on any atom is -0.355 e. The molecule has 0 aliphatic carbocycles. The van der Waals surface area contributed by atoms with Gasteiger partial charge in [0.15, 0.2) is 0 Å². The van der Waals surface area contributed by atoms with Crippen molar-refractivity contribution in [3.05, 3.63) is 63.9 Å². The Morgan fingerprint density at radius 1 is 1.12 bits per heavy atom. The summed E-state index contributed by atoms with van der Waals surface area (Å²) in [5.74, 6) is 1.02. The molecular weight excluding hydrogens is 388 g/mol. The second-order valence-corrected chi connectivity index (χ2v) is 7.84. The molecule has 0 aliphatic heterocycles. The number of benzene rings is 2. The van der Waals surface area contributed by atoms with Crippen molar-refractivity contribution in [2.45, 2.75) is 10.6 Å². The molecule has 0 saturated carbocycles. The van der Waals surface area contributed by atoms with Gasteiger partial charge in [0, 0.05) is 38.6 Å². The molecule has 7 heteroatoms. The van der Waals surface area contributed by atoms with E-state index in [2.05, 4.69) is 5.32 Å². The highest BCUT2D eigenvalue weighted by molar-refractivity contribution is 7.99. The topological polar surface area (TPSA) is 29.1 Å². The van der Waals surface area contributed by atoms with Crippen molar-refractivity contribution >= 4 is 52.6 Å². The summed E-state index contributed by atoms with van der Waals surface area (Å²) in [6.45, 7) is 0.577. The van der Waals surface area contributed by atoms with Crippen molar-refractivity contribution in [2.24, 2.45) is 0 Å². The highest BCUT2D eigenvalue weighted by Gasteiger charge is 2.08. The third-order valence-corrected chi connectivity index (χ3v) is 5.63. The number of nitrogens with one attached hydrogen (secondary N) is 1. The number of hydrogen-bond acceptors (Lipinski definition) is 3. The number of halogens is 3. The molecule has 0 aromatic heterocycles. The van der Waals surface area contributed by atoms with Crippen LogP contribution in [0.4, 0.5) is 4.39 Å². The molecule has 0 saturated heterocycles. The Hall–Kier alpha value is -0.880. The van der Waals surface area contributed by atoms with Crippen LogP contribution in [0.5, 0.6) is 0 Å². The third-order valence-electron chi connectivity index (χ3n) is 3.05. The highest BCUT2D eigenvalue weighted by Crippen LogP contribution is 2.24. The van der Waals surface area contributed by atoms with Crippen molar-refractivity contribution in [1.82, 2.24) is 5.32 Å². The second kappa shape index (κ2) is 10.2. The fraction of sp³-hybridized carbons (Fsp3) is 0.235. The molecule has 0 atom stereocenters. The lowest BCUT2D eigenvalue weighted by atomic mass is 10.2. The lowest BCUT2D eigenvalue weighted by Crippen LogP contribution is -2.27. The lowest BCUT2D eigenvalue weighted by molar-refractivity contribution is -0.118. The fourth-order valence-corrected chi connectivity index (χ4v) is 3.95. The Balaban J connectivity index is 1.62. The van der Waals surface area contributed by atoms with Crippen LogP contribution in [0.1, 0.15) is 5.56 Å². The molecule has 1 amide bonds. The van der Waals surface area contributed by atoms with Crippen molar-refractivity contribution in [3.8, 4) is 0 Å². The fourth-order valence-electron chi connectivity index (χ4n) is 1.86. The normalized spacial score (nSPS) is 10.6. The number of carbonyl (C=O) groups is 1. The quantitative estimate of drug-likeness (QED) is 0.480. The maximum atomic E-state index is 13.6. The van der Waals surface area contributed by atoms with E-state index in [9.17, 15) is 9.18 Å². The number of hydrogen-bond donors (Lipinski definition) is 1. The molecule has 0 radical (unpaired) electrons. The van der Waals surface area contributed by atoms with Gasteiger partial charge in [-0.15, -0.1) is 23.5 Å². The monoisotopic (exact) mass is 403 g/mol. The van der Waals surface area contributed by atoms with Gasteiger partial charge in [-0.05, 0) is 36.4 Å². The molecule has 0 fully saturated rings. The minimum atomic E-state index is -0.338. The summed E-state index contributed by atoms with van der Waals surface area (Å²) in [6, 6.07) is 12.2. The van der Waals surface area contributed by atoms with Crippen LogP contribution in [0.25, 0.3) is 0 Å². The zero-order valence-corrected chi connectivity index (χ0v) is 15.9. The summed E-state index contributed by atoms with van der Waals surface area (Å²) in [6.07, 6.45) is 0. The maximum absolute atomic E-state index is 13.6. The van der Waals surface area contributed by atoms with Crippen LogP contribution in [0.3, 0.4) is 0 Å². The predicted molar refractivity (Wildman–Crippen MR) is 103 cm³/mol. The van der Waals surface area contributed by atoms with Crippen molar-refractivity contribution < 1.29 is 9.18 Å². The largest absolute Gasteiger partial charge is 0.355 e. The van der Waals surface area contributed by atoms with Gasteiger partial charge in [0.1, 0.15) is 5.82 Å². The van der Waals surface area contributed by atoms with E-state index in [1.807, 2.05) is 24.3 Å². The van der Waals surface area contributed by atoms with Gasteiger partial charge in [0.25, 0.3) is 0 Å². The standard InChI is InChI=1S/C17H16Cl2FNOS2/c18-12-4-6-13(7-5-12)24-9-8-21-17(22)11-23-10-14-15(19)2-1-3-16(14)20/h1-7H,8-11H2,(H,21,22). The van der Waals surface area contributed by atoms with Crippen LogP contribution in [0.15, 0.2) is 47.4 Å². The Bertz CT molecular complexity index is 663. The van der Waals surface area contributed by atoms with E-state index in [0.717, 1.165) is 10.6 Å². The molecular formula is C17H16Cl2FNOS2. The summed E-state index contributed by atoms with van der Waals surface area (Å²) >= 11 is 14.8. The van der Waals surface area contributed by atoms with Gasteiger partial charge in [0.05, 0.1) is 5.75 Å². The molecule has 0 bridgehead atoms. The molecule has 128 valence electrons. The van der Waals surface area contributed by atoms with Crippen LogP contribution < -0.4 is 5.32 Å². The van der Waals surface area contributed by atoms with Gasteiger partial charge < -0.3 is 5.32 Å². The first-order valence-electron chi connectivity index (χ1n) is 7.22. The average molecular weight is 404 g/mol. The molecule has 0 spiro atoms. The van der Waals surface area contributed by atoms with E-state index in [0.29, 0.717) is 27.9 Å². The van der Waals surface area contributed by atoms with E-state index >= 15 is 0 Å². The van der Waals surface area contributed by atoms with Crippen molar-refractivity contribution in [1.29, 1.82) is 0 Å². The Morgan fingerprint density at radius 2 is 1.88 bits per heavy atom. The predicted octanol–water partition coefficient (Wildman–Crippen LogP) is 5.27. The van der Waals surface area contributed by atoms with E-state index in [1.165, 1.54) is 17.8 Å². The Morgan fingerprint density at radius 3 is 2.58 bits per heavy atom. The summed E-state index contributed by atoms with van der Waals surface area (Å²) < 4.78 is 13.6. The van der Waals surface area contributed by atoms with E-state index in [-0.39, 0.29) is 17.5 Å². The SMILES string of the molecule is O=C(CSCc1c(F)cccc1Cl)NCCSc1ccc(Cl)cc1. The van der Waals surface area contributed by atoms with Gasteiger partial charge in [-0.1, -0.05) is 29.3 Å². The van der Waals surface area contributed by atoms with Crippen molar-refractivity contribution in [2.75, 3.05) is 18.1 Å². The Kier molecular flexibility index (Phi) is 8.25. The summed E-state index contributed by atoms with van der Waals surface area (Å²) in [7, 11) is 0. The van der Waals surface area contributed by atoms with Crippen LogP contribution >= 0.6 is 46.7 Å². The van der Waals surface area contributed by atoms with Gasteiger partial charge in [-0.3, -0.25) is 4.79 Å². The molecule has 2 aromatic rings. The first kappa shape index (κ1) is 19.4.